The van der Waals surface area contributed by atoms with Gasteiger partial charge in [-0.05, 0) is 43.3 Å². The number of halogens is 3. The number of anilines is 3. The average Bonchev–Trinajstić information content (AvgIpc) is 2.81. The van der Waals surface area contributed by atoms with Crippen molar-refractivity contribution in [3.05, 3.63) is 82.5 Å². The lowest BCUT2D eigenvalue weighted by atomic mass is 10.1. The molecule has 0 saturated carbocycles. The fourth-order valence-corrected chi connectivity index (χ4v) is 3.61. The minimum absolute atomic E-state index is 0.117. The predicted molar refractivity (Wildman–Crippen MR) is 127 cm³/mol. The van der Waals surface area contributed by atoms with E-state index in [-0.39, 0.29) is 17.2 Å². The van der Waals surface area contributed by atoms with Gasteiger partial charge in [0.05, 0.1) is 34.1 Å². The second-order valence-electron chi connectivity index (χ2n) is 7.29. The van der Waals surface area contributed by atoms with Gasteiger partial charge in [0.15, 0.2) is 0 Å². The minimum Gasteiger partial charge on any atom is -0.492 e. The maximum atomic E-state index is 13.8. The Morgan fingerprint density at radius 2 is 1.91 bits per heavy atom. The van der Waals surface area contributed by atoms with Gasteiger partial charge in [0, 0.05) is 35.0 Å². The molecule has 1 heterocycles. The molecular formula is C25H19ClF2N4O2. The molecule has 0 atom stereocenters. The molecule has 3 aromatic carbocycles. The van der Waals surface area contributed by atoms with Gasteiger partial charge in [-0.2, -0.15) is 5.26 Å². The Labute approximate surface area is 199 Å². The molecule has 0 saturated heterocycles. The first-order chi connectivity index (χ1) is 16.4. The number of benzene rings is 3. The number of nitrogens with two attached hydrogens (primary N) is 1. The van der Waals surface area contributed by atoms with E-state index >= 15 is 0 Å². The van der Waals surface area contributed by atoms with Gasteiger partial charge >= 0.3 is 0 Å². The van der Waals surface area contributed by atoms with E-state index in [2.05, 4.69) is 16.4 Å². The van der Waals surface area contributed by atoms with Gasteiger partial charge in [0.2, 0.25) is 0 Å². The van der Waals surface area contributed by atoms with Crippen molar-refractivity contribution in [1.29, 1.82) is 5.26 Å². The van der Waals surface area contributed by atoms with E-state index in [9.17, 15) is 14.0 Å². The quantitative estimate of drug-likeness (QED) is 0.300. The van der Waals surface area contributed by atoms with Crippen molar-refractivity contribution in [2.24, 2.45) is 0 Å². The standard InChI is InChI=1S/C25H19ClF2N4O2/c1-2-33-24-10-22-18(9-21(24)30)25(15(11-29)12-31-22)32-17-5-6-23(19(26)8-17)34-13-14-3-4-16(27)7-20(14)28/h3-10,12H,2,13,30H2,1H3,(H,31,32). The lowest BCUT2D eigenvalue weighted by molar-refractivity contribution is 0.299. The summed E-state index contributed by atoms with van der Waals surface area (Å²) in [7, 11) is 0. The summed E-state index contributed by atoms with van der Waals surface area (Å²) >= 11 is 6.37. The van der Waals surface area contributed by atoms with Crippen LogP contribution in [0.3, 0.4) is 0 Å². The molecule has 0 radical (unpaired) electrons. The van der Waals surface area contributed by atoms with Crippen LogP contribution in [0.4, 0.5) is 25.8 Å². The first-order valence-electron chi connectivity index (χ1n) is 10.3. The number of nitrogens with zero attached hydrogens (tertiary/aromatic N) is 2. The Bertz CT molecular complexity index is 1420. The molecule has 9 heteroatoms. The van der Waals surface area contributed by atoms with Gasteiger partial charge in [-0.25, -0.2) is 8.78 Å². The largest absolute Gasteiger partial charge is 0.492 e. The first-order valence-corrected chi connectivity index (χ1v) is 10.7. The van der Waals surface area contributed by atoms with Crippen molar-refractivity contribution in [1.82, 2.24) is 4.98 Å². The Balaban J connectivity index is 1.61. The number of aromatic nitrogens is 1. The molecule has 0 aliphatic heterocycles. The molecule has 0 spiro atoms. The minimum atomic E-state index is -0.699. The lowest BCUT2D eigenvalue weighted by Gasteiger charge is -2.15. The zero-order valence-corrected chi connectivity index (χ0v) is 18.8. The zero-order chi connectivity index (χ0) is 24.2. The monoisotopic (exact) mass is 480 g/mol. The molecule has 0 fully saturated rings. The lowest BCUT2D eigenvalue weighted by Crippen LogP contribution is -2.01. The van der Waals surface area contributed by atoms with Crippen molar-refractivity contribution in [3.63, 3.8) is 0 Å². The third-order valence-corrected chi connectivity index (χ3v) is 5.31. The summed E-state index contributed by atoms with van der Waals surface area (Å²) in [6.45, 7) is 2.20. The van der Waals surface area contributed by atoms with Crippen molar-refractivity contribution in [3.8, 4) is 17.6 Å². The fourth-order valence-electron chi connectivity index (χ4n) is 3.37. The van der Waals surface area contributed by atoms with Crippen molar-refractivity contribution < 1.29 is 18.3 Å². The van der Waals surface area contributed by atoms with Gasteiger partial charge in [-0.1, -0.05) is 11.6 Å². The zero-order valence-electron chi connectivity index (χ0n) is 18.0. The summed E-state index contributed by atoms with van der Waals surface area (Å²) in [6, 6.07) is 13.7. The molecule has 172 valence electrons. The summed E-state index contributed by atoms with van der Waals surface area (Å²) < 4.78 is 38.1. The summed E-state index contributed by atoms with van der Waals surface area (Å²) in [5, 5.41) is 13.7. The normalized spacial score (nSPS) is 10.7. The van der Waals surface area contributed by atoms with Crippen LogP contribution in [0.2, 0.25) is 5.02 Å². The highest BCUT2D eigenvalue weighted by Gasteiger charge is 2.14. The maximum Gasteiger partial charge on any atom is 0.144 e. The number of hydrogen-bond donors (Lipinski definition) is 2. The van der Waals surface area contributed by atoms with E-state index in [1.165, 1.54) is 12.3 Å². The van der Waals surface area contributed by atoms with Crippen LogP contribution in [0.5, 0.6) is 11.5 Å². The second kappa shape index (κ2) is 9.81. The third kappa shape index (κ3) is 4.80. The molecule has 0 amide bonds. The number of rotatable bonds is 7. The molecule has 0 bridgehead atoms. The Kier molecular flexibility index (Phi) is 6.66. The number of pyridine rings is 1. The van der Waals surface area contributed by atoms with Gasteiger partial charge in [-0.15, -0.1) is 0 Å². The van der Waals surface area contributed by atoms with E-state index in [1.54, 1.807) is 30.3 Å². The molecule has 6 nitrogen and oxygen atoms in total. The number of ether oxygens (including phenoxy) is 2. The van der Waals surface area contributed by atoms with E-state index in [0.29, 0.717) is 51.6 Å². The topological polar surface area (TPSA) is 93.2 Å². The molecule has 3 N–H and O–H groups in total. The Morgan fingerprint density at radius 3 is 2.62 bits per heavy atom. The van der Waals surface area contributed by atoms with Gasteiger partial charge in [-0.3, -0.25) is 4.98 Å². The van der Waals surface area contributed by atoms with E-state index in [4.69, 9.17) is 26.8 Å². The van der Waals surface area contributed by atoms with Crippen LogP contribution in [-0.2, 0) is 6.61 Å². The molecule has 4 aromatic rings. The molecule has 0 aliphatic rings. The molecule has 4 rings (SSSR count). The Hall–Kier alpha value is -4.09. The Morgan fingerprint density at radius 1 is 1.09 bits per heavy atom. The number of nitriles is 1. The SMILES string of the molecule is CCOc1cc2ncc(C#N)c(Nc3ccc(OCc4ccc(F)cc4F)c(Cl)c3)c2cc1N. The maximum absolute atomic E-state index is 13.8. The van der Waals surface area contributed by atoms with Crippen LogP contribution in [0, 0.1) is 23.0 Å². The number of hydrogen-bond acceptors (Lipinski definition) is 6. The summed E-state index contributed by atoms with van der Waals surface area (Å²) in [4.78, 5) is 4.34. The van der Waals surface area contributed by atoms with Crippen LogP contribution in [-0.4, -0.2) is 11.6 Å². The number of nitrogen functional groups attached to an aromatic ring is 1. The third-order valence-electron chi connectivity index (χ3n) is 5.02. The van der Waals surface area contributed by atoms with Crippen molar-refractivity contribution in [2.45, 2.75) is 13.5 Å². The molecule has 0 aliphatic carbocycles. The highest BCUT2D eigenvalue weighted by atomic mass is 35.5. The van der Waals surface area contributed by atoms with Crippen LogP contribution in [0.15, 0.2) is 54.7 Å². The molecule has 0 unspecified atom stereocenters. The van der Waals surface area contributed by atoms with Crippen LogP contribution >= 0.6 is 11.6 Å². The van der Waals surface area contributed by atoms with Gasteiger partial charge < -0.3 is 20.5 Å². The predicted octanol–water partition coefficient (Wildman–Crippen LogP) is 6.34. The first kappa shape index (κ1) is 23.1. The highest BCUT2D eigenvalue weighted by Crippen LogP contribution is 2.36. The molecule has 1 aromatic heterocycles. The highest BCUT2D eigenvalue weighted by molar-refractivity contribution is 6.32. The van der Waals surface area contributed by atoms with Crippen LogP contribution in [0.1, 0.15) is 18.1 Å². The number of nitrogens with one attached hydrogen (secondary N) is 1. The van der Waals surface area contributed by atoms with Gasteiger partial charge in [0.25, 0.3) is 0 Å². The molecule has 34 heavy (non-hydrogen) atoms. The average molecular weight is 481 g/mol. The summed E-state index contributed by atoms with van der Waals surface area (Å²) in [6.07, 6.45) is 1.47. The smallest absolute Gasteiger partial charge is 0.144 e. The van der Waals surface area contributed by atoms with E-state index < -0.39 is 11.6 Å². The second-order valence-corrected chi connectivity index (χ2v) is 7.70. The summed E-state index contributed by atoms with van der Waals surface area (Å²) in [5.74, 6) is -0.525. The van der Waals surface area contributed by atoms with Crippen molar-refractivity contribution >= 4 is 39.6 Å². The fraction of sp³-hybridized carbons (Fsp3) is 0.120. The van der Waals surface area contributed by atoms with Gasteiger partial charge in [0.1, 0.15) is 35.8 Å². The van der Waals surface area contributed by atoms with E-state index in [0.717, 1.165) is 12.1 Å². The summed E-state index contributed by atoms with van der Waals surface area (Å²) in [5.41, 5.74) is 8.76. The van der Waals surface area contributed by atoms with Crippen LogP contribution in [0.25, 0.3) is 10.9 Å². The van der Waals surface area contributed by atoms with Crippen molar-refractivity contribution in [2.75, 3.05) is 17.7 Å². The van der Waals surface area contributed by atoms with E-state index in [1.807, 2.05) is 6.92 Å². The molecular weight excluding hydrogens is 462 g/mol. The van der Waals surface area contributed by atoms with Crippen LogP contribution < -0.4 is 20.5 Å². The number of fused-ring (bicyclic) bond motifs is 1.